The molecule has 0 spiro atoms. The van der Waals surface area contributed by atoms with Gasteiger partial charge in [0.25, 0.3) is 5.79 Å². The third kappa shape index (κ3) is 2.89. The lowest BCUT2D eigenvalue weighted by Gasteiger charge is -2.25. The monoisotopic (exact) mass is 294 g/mol. The Kier molecular flexibility index (Phi) is 4.26. The number of ether oxygens (including phenoxy) is 4. The number of carbonyl (C=O) groups is 1. The van der Waals surface area contributed by atoms with Crippen LogP contribution in [0.3, 0.4) is 0 Å². The van der Waals surface area contributed by atoms with Gasteiger partial charge >= 0.3 is 5.97 Å². The highest BCUT2D eigenvalue weighted by molar-refractivity contribution is 5.94. The lowest BCUT2D eigenvalue weighted by Crippen LogP contribution is -2.23. The van der Waals surface area contributed by atoms with E-state index >= 15 is 0 Å². The molecule has 1 aliphatic rings. The summed E-state index contributed by atoms with van der Waals surface area (Å²) in [6.07, 6.45) is 2.87. The van der Waals surface area contributed by atoms with Gasteiger partial charge in [-0.2, -0.15) is 0 Å². The first-order chi connectivity index (χ1) is 10.0. The van der Waals surface area contributed by atoms with Crippen LogP contribution in [0, 0.1) is 0 Å². The number of aromatic carboxylic acids is 1. The van der Waals surface area contributed by atoms with E-state index in [4.69, 9.17) is 18.9 Å². The molecule has 6 heteroatoms. The van der Waals surface area contributed by atoms with Gasteiger partial charge in [-0.3, -0.25) is 0 Å². The van der Waals surface area contributed by atoms with Crippen molar-refractivity contribution in [2.24, 2.45) is 0 Å². The summed E-state index contributed by atoms with van der Waals surface area (Å²) in [7, 11) is 0. The molecule has 0 atom stereocenters. The third-order valence-corrected chi connectivity index (χ3v) is 3.05. The van der Waals surface area contributed by atoms with E-state index in [1.54, 1.807) is 32.9 Å². The zero-order valence-corrected chi connectivity index (χ0v) is 12.2. The summed E-state index contributed by atoms with van der Waals surface area (Å²) in [6.45, 7) is 5.97. The molecular formula is C15H18O6. The molecule has 1 N–H and O–H groups in total. The van der Waals surface area contributed by atoms with Crippen LogP contribution < -0.4 is 9.47 Å². The summed E-state index contributed by atoms with van der Waals surface area (Å²) in [5.41, 5.74) is 0.612. The van der Waals surface area contributed by atoms with Crippen LogP contribution in [0.4, 0.5) is 0 Å². The van der Waals surface area contributed by atoms with Crippen LogP contribution in [-0.4, -0.2) is 24.3 Å². The minimum Gasteiger partial charge on any atom is -0.493 e. The van der Waals surface area contributed by atoms with E-state index in [0.29, 0.717) is 18.8 Å². The Morgan fingerprint density at radius 2 is 1.62 bits per heavy atom. The molecule has 0 saturated carbocycles. The summed E-state index contributed by atoms with van der Waals surface area (Å²) in [6, 6.07) is 3.20. The topological polar surface area (TPSA) is 74.2 Å². The Balaban J connectivity index is 2.55. The first kappa shape index (κ1) is 15.0. The van der Waals surface area contributed by atoms with E-state index in [9.17, 15) is 9.90 Å². The highest BCUT2D eigenvalue weighted by atomic mass is 16.7. The predicted molar refractivity (Wildman–Crippen MR) is 74.4 cm³/mol. The number of carboxylic acids is 1. The number of hydrogen-bond donors (Lipinski definition) is 1. The molecule has 114 valence electrons. The molecule has 0 fully saturated rings. The maximum atomic E-state index is 11.5. The molecular weight excluding hydrogens is 276 g/mol. The van der Waals surface area contributed by atoms with Crippen molar-refractivity contribution in [1.29, 1.82) is 0 Å². The quantitative estimate of drug-likeness (QED) is 0.869. The maximum Gasteiger partial charge on any atom is 0.343 e. The molecule has 6 nitrogen and oxygen atoms in total. The number of carboxylic acid groups (broad SMARTS) is 1. The Bertz CT molecular complexity index is 528. The summed E-state index contributed by atoms with van der Waals surface area (Å²) >= 11 is 0. The van der Waals surface area contributed by atoms with Crippen LogP contribution in [-0.2, 0) is 15.3 Å². The van der Waals surface area contributed by atoms with Crippen LogP contribution >= 0.6 is 0 Å². The minimum absolute atomic E-state index is 0.00277. The molecule has 0 amide bonds. The molecule has 2 rings (SSSR count). The van der Waals surface area contributed by atoms with Gasteiger partial charge in [-0.15, -0.1) is 0 Å². The molecule has 1 aromatic rings. The molecule has 0 saturated heterocycles. The molecule has 0 aliphatic carbocycles. The van der Waals surface area contributed by atoms with Gasteiger partial charge in [0.2, 0.25) is 0 Å². The van der Waals surface area contributed by atoms with Crippen LogP contribution in [0.5, 0.6) is 11.5 Å². The first-order valence-corrected chi connectivity index (χ1v) is 6.70. The van der Waals surface area contributed by atoms with E-state index < -0.39 is 11.8 Å². The van der Waals surface area contributed by atoms with Crippen molar-refractivity contribution in [3.63, 3.8) is 0 Å². The normalized spacial score (nSPS) is 15.2. The van der Waals surface area contributed by atoms with E-state index in [2.05, 4.69) is 0 Å². The maximum absolute atomic E-state index is 11.5. The summed E-state index contributed by atoms with van der Waals surface area (Å²) in [5.74, 6) is -1.67. The van der Waals surface area contributed by atoms with Crippen molar-refractivity contribution in [2.75, 3.05) is 13.2 Å². The van der Waals surface area contributed by atoms with Gasteiger partial charge < -0.3 is 24.1 Å². The molecule has 1 aromatic carbocycles. The van der Waals surface area contributed by atoms with Crippen molar-refractivity contribution >= 4 is 5.97 Å². The average Bonchev–Trinajstić information content (AvgIpc) is 2.87. The lowest BCUT2D eigenvalue weighted by molar-refractivity contribution is -0.133. The van der Waals surface area contributed by atoms with Gasteiger partial charge in [0.05, 0.1) is 13.2 Å². The molecule has 1 heterocycles. The Labute approximate surface area is 122 Å². The first-order valence-electron chi connectivity index (χ1n) is 6.70. The predicted octanol–water partition coefficient (Wildman–Crippen LogP) is 2.87. The smallest absolute Gasteiger partial charge is 0.343 e. The van der Waals surface area contributed by atoms with Gasteiger partial charge in [-0.25, -0.2) is 4.79 Å². The lowest BCUT2D eigenvalue weighted by atomic mass is 10.0. The van der Waals surface area contributed by atoms with E-state index in [1.807, 2.05) is 0 Å². The van der Waals surface area contributed by atoms with Crippen LogP contribution in [0.15, 0.2) is 24.7 Å². The van der Waals surface area contributed by atoms with Crippen LogP contribution in [0.1, 0.15) is 36.7 Å². The summed E-state index contributed by atoms with van der Waals surface area (Å²) in [4.78, 5) is 11.5. The van der Waals surface area contributed by atoms with Crippen molar-refractivity contribution in [2.45, 2.75) is 26.6 Å². The van der Waals surface area contributed by atoms with Crippen LogP contribution in [0.25, 0.3) is 0 Å². The van der Waals surface area contributed by atoms with Gasteiger partial charge in [0, 0.05) is 12.5 Å². The second kappa shape index (κ2) is 5.95. The fourth-order valence-electron chi connectivity index (χ4n) is 2.08. The van der Waals surface area contributed by atoms with E-state index in [1.165, 1.54) is 12.5 Å². The van der Waals surface area contributed by atoms with Gasteiger partial charge in [0.1, 0.15) is 29.6 Å². The minimum atomic E-state index is -1.11. The largest absolute Gasteiger partial charge is 0.493 e. The van der Waals surface area contributed by atoms with Crippen molar-refractivity contribution in [3.8, 4) is 11.5 Å². The summed E-state index contributed by atoms with van der Waals surface area (Å²) < 4.78 is 21.7. The zero-order valence-electron chi connectivity index (χ0n) is 12.2. The second-order valence-electron chi connectivity index (χ2n) is 4.47. The van der Waals surface area contributed by atoms with Crippen LogP contribution in [0.2, 0.25) is 0 Å². The molecule has 21 heavy (non-hydrogen) atoms. The van der Waals surface area contributed by atoms with Gasteiger partial charge in [0.15, 0.2) is 0 Å². The highest BCUT2D eigenvalue weighted by Crippen LogP contribution is 2.39. The van der Waals surface area contributed by atoms with E-state index in [-0.39, 0.29) is 17.1 Å². The standard InChI is InChI=1S/C15H18O6/c1-4-18-11-8-10(15(3)20-6-7-21-15)9-12(19-5-2)13(11)14(16)17/h6-9H,4-5H2,1-3H3,(H,16,17). The van der Waals surface area contributed by atoms with Crippen molar-refractivity contribution in [3.05, 3.63) is 35.8 Å². The Hall–Kier alpha value is -2.37. The average molecular weight is 294 g/mol. The number of rotatable bonds is 6. The third-order valence-electron chi connectivity index (χ3n) is 3.05. The fourth-order valence-corrected chi connectivity index (χ4v) is 2.08. The fraction of sp³-hybridized carbons (Fsp3) is 0.400. The zero-order chi connectivity index (χ0) is 15.5. The Morgan fingerprint density at radius 3 is 2.00 bits per heavy atom. The highest BCUT2D eigenvalue weighted by Gasteiger charge is 2.35. The number of benzene rings is 1. The van der Waals surface area contributed by atoms with Gasteiger partial charge in [-0.05, 0) is 26.0 Å². The molecule has 1 aliphatic heterocycles. The van der Waals surface area contributed by atoms with Crippen molar-refractivity contribution in [1.82, 2.24) is 0 Å². The van der Waals surface area contributed by atoms with Gasteiger partial charge in [-0.1, -0.05) is 0 Å². The molecule has 0 bridgehead atoms. The second-order valence-corrected chi connectivity index (χ2v) is 4.47. The number of hydrogen-bond acceptors (Lipinski definition) is 5. The SMILES string of the molecule is CCOc1cc(C2(C)OC=CO2)cc(OCC)c1C(=O)O. The molecule has 0 aromatic heterocycles. The molecule has 0 radical (unpaired) electrons. The Morgan fingerprint density at radius 1 is 1.14 bits per heavy atom. The summed E-state index contributed by atoms with van der Waals surface area (Å²) in [5, 5.41) is 9.39. The van der Waals surface area contributed by atoms with E-state index in [0.717, 1.165) is 0 Å². The molecule has 0 unspecified atom stereocenters. The van der Waals surface area contributed by atoms with Crippen molar-refractivity contribution < 1.29 is 28.8 Å².